The van der Waals surface area contributed by atoms with Crippen LogP contribution in [-0.2, 0) is 22.6 Å². The van der Waals surface area contributed by atoms with Gasteiger partial charge in [-0.2, -0.15) is 0 Å². The average Bonchev–Trinajstić information content (AvgIpc) is 2.98. The Morgan fingerprint density at radius 3 is 2.56 bits per heavy atom. The van der Waals surface area contributed by atoms with Gasteiger partial charge in [0.2, 0.25) is 5.91 Å². The molecule has 0 aliphatic carbocycles. The third kappa shape index (κ3) is 4.15. The van der Waals surface area contributed by atoms with Crippen molar-refractivity contribution in [1.82, 2.24) is 14.5 Å². The number of fused-ring (bicyclic) bond motifs is 1. The Kier molecular flexibility index (Phi) is 5.52. The Bertz CT molecular complexity index is 978. The first kappa shape index (κ1) is 18.6. The molecule has 1 heterocycles. The first-order chi connectivity index (χ1) is 13.0. The molecule has 0 bridgehead atoms. The van der Waals surface area contributed by atoms with Crippen LogP contribution in [0.15, 0.2) is 48.5 Å². The number of imidazole rings is 1. The number of methoxy groups -OCH3 is 1. The molecule has 7 nitrogen and oxygen atoms in total. The summed E-state index contributed by atoms with van der Waals surface area (Å²) in [5.74, 6) is 0.0689. The summed E-state index contributed by atoms with van der Waals surface area (Å²) in [5.41, 5.74) is 2.48. The molecule has 3 aromatic rings. The van der Waals surface area contributed by atoms with Gasteiger partial charge in [0.15, 0.2) is 0 Å². The van der Waals surface area contributed by atoms with E-state index in [2.05, 4.69) is 10.3 Å². The third-order valence-electron chi connectivity index (χ3n) is 4.10. The van der Waals surface area contributed by atoms with Crippen LogP contribution in [0.25, 0.3) is 11.0 Å². The SMILES string of the molecule is COC(=O)c1ccccc1NC(=O)Cn1c(CN(C)C)nc2ccccc21. The van der Waals surface area contributed by atoms with Crippen molar-refractivity contribution < 1.29 is 14.3 Å². The quantitative estimate of drug-likeness (QED) is 0.679. The molecular weight excluding hydrogens is 344 g/mol. The highest BCUT2D eigenvalue weighted by Gasteiger charge is 2.17. The average molecular weight is 366 g/mol. The van der Waals surface area contributed by atoms with Crippen LogP contribution in [0.2, 0.25) is 0 Å². The molecule has 0 saturated carbocycles. The van der Waals surface area contributed by atoms with Gasteiger partial charge in [0, 0.05) is 0 Å². The molecule has 1 N–H and O–H groups in total. The number of hydrogen-bond acceptors (Lipinski definition) is 5. The van der Waals surface area contributed by atoms with Crippen LogP contribution in [0.5, 0.6) is 0 Å². The standard InChI is InChI=1S/C20H22N4O3/c1-23(2)12-18-21-16-10-6-7-11-17(16)24(18)13-19(25)22-15-9-5-4-8-14(15)20(26)27-3/h4-11H,12-13H2,1-3H3,(H,22,25). The summed E-state index contributed by atoms with van der Waals surface area (Å²) < 4.78 is 6.67. The molecule has 0 spiro atoms. The maximum Gasteiger partial charge on any atom is 0.339 e. The van der Waals surface area contributed by atoms with Gasteiger partial charge >= 0.3 is 5.97 Å². The lowest BCUT2D eigenvalue weighted by Gasteiger charge is -2.14. The van der Waals surface area contributed by atoms with E-state index in [1.165, 1.54) is 7.11 Å². The summed E-state index contributed by atoms with van der Waals surface area (Å²) in [6.45, 7) is 0.708. The van der Waals surface area contributed by atoms with E-state index in [-0.39, 0.29) is 12.5 Å². The van der Waals surface area contributed by atoms with Crippen molar-refractivity contribution in [3.8, 4) is 0 Å². The summed E-state index contributed by atoms with van der Waals surface area (Å²) in [6, 6.07) is 14.5. The number of esters is 1. The van der Waals surface area contributed by atoms with Crippen molar-refractivity contribution in [2.75, 3.05) is 26.5 Å². The third-order valence-corrected chi connectivity index (χ3v) is 4.10. The van der Waals surface area contributed by atoms with Crippen molar-refractivity contribution in [3.05, 3.63) is 59.9 Å². The van der Waals surface area contributed by atoms with E-state index in [1.807, 2.05) is 47.8 Å². The minimum Gasteiger partial charge on any atom is -0.465 e. The molecule has 7 heteroatoms. The molecule has 0 radical (unpaired) electrons. The zero-order valence-corrected chi connectivity index (χ0v) is 15.6. The molecule has 2 aromatic carbocycles. The largest absolute Gasteiger partial charge is 0.465 e. The van der Waals surface area contributed by atoms with Crippen molar-refractivity contribution in [3.63, 3.8) is 0 Å². The first-order valence-electron chi connectivity index (χ1n) is 8.55. The van der Waals surface area contributed by atoms with E-state index in [9.17, 15) is 9.59 Å². The summed E-state index contributed by atoms with van der Waals surface area (Å²) in [5, 5.41) is 2.81. The van der Waals surface area contributed by atoms with E-state index >= 15 is 0 Å². The number of anilines is 1. The number of benzene rings is 2. The molecule has 0 unspecified atom stereocenters. The number of carbonyl (C=O) groups is 2. The molecule has 27 heavy (non-hydrogen) atoms. The van der Waals surface area contributed by atoms with Crippen LogP contribution in [0.1, 0.15) is 16.2 Å². The number of nitrogens with one attached hydrogen (secondary N) is 1. The van der Waals surface area contributed by atoms with Gasteiger partial charge < -0.3 is 19.5 Å². The predicted molar refractivity (Wildman–Crippen MR) is 104 cm³/mol. The number of hydrogen-bond donors (Lipinski definition) is 1. The molecule has 0 saturated heterocycles. The fourth-order valence-electron chi connectivity index (χ4n) is 2.92. The highest BCUT2D eigenvalue weighted by molar-refractivity contribution is 6.01. The fourth-order valence-corrected chi connectivity index (χ4v) is 2.92. The molecular formula is C20H22N4O3. The highest BCUT2D eigenvalue weighted by Crippen LogP contribution is 2.19. The van der Waals surface area contributed by atoms with Gasteiger partial charge in [0.1, 0.15) is 12.4 Å². The number of nitrogens with zero attached hydrogens (tertiary/aromatic N) is 3. The number of ether oxygens (including phenoxy) is 1. The molecule has 0 aliphatic heterocycles. The van der Waals surface area contributed by atoms with Gasteiger partial charge in [-0.1, -0.05) is 24.3 Å². The molecule has 0 aliphatic rings. The second-order valence-electron chi connectivity index (χ2n) is 6.43. The van der Waals surface area contributed by atoms with Crippen LogP contribution < -0.4 is 5.32 Å². The van der Waals surface area contributed by atoms with Crippen molar-refractivity contribution in [2.45, 2.75) is 13.1 Å². The maximum absolute atomic E-state index is 12.7. The molecule has 1 aromatic heterocycles. The lowest BCUT2D eigenvalue weighted by Crippen LogP contribution is -2.23. The zero-order chi connectivity index (χ0) is 19.4. The topological polar surface area (TPSA) is 76.5 Å². The molecule has 1 amide bonds. The van der Waals surface area contributed by atoms with E-state index in [1.54, 1.807) is 24.3 Å². The summed E-state index contributed by atoms with van der Waals surface area (Å²) >= 11 is 0. The Morgan fingerprint density at radius 2 is 1.81 bits per heavy atom. The number of para-hydroxylation sites is 3. The molecule has 0 atom stereocenters. The van der Waals surface area contributed by atoms with Gasteiger partial charge in [-0.15, -0.1) is 0 Å². The monoisotopic (exact) mass is 366 g/mol. The second kappa shape index (κ2) is 8.01. The summed E-state index contributed by atoms with van der Waals surface area (Å²) in [7, 11) is 5.22. The first-order valence-corrected chi connectivity index (χ1v) is 8.55. The van der Waals surface area contributed by atoms with Gasteiger partial charge in [-0.05, 0) is 38.4 Å². The normalized spacial score (nSPS) is 11.0. The Hall–Kier alpha value is -3.19. The van der Waals surface area contributed by atoms with Crippen LogP contribution in [0.4, 0.5) is 5.69 Å². The maximum atomic E-state index is 12.7. The van der Waals surface area contributed by atoms with Crippen molar-refractivity contribution >= 4 is 28.6 Å². The van der Waals surface area contributed by atoms with Crippen molar-refractivity contribution in [2.24, 2.45) is 0 Å². The Morgan fingerprint density at radius 1 is 1.11 bits per heavy atom. The molecule has 0 fully saturated rings. The van der Waals surface area contributed by atoms with Gasteiger partial charge in [0.05, 0.1) is 35.9 Å². The number of carbonyl (C=O) groups excluding carboxylic acids is 2. The van der Waals surface area contributed by atoms with Crippen LogP contribution in [-0.4, -0.2) is 47.5 Å². The van der Waals surface area contributed by atoms with Gasteiger partial charge in [0.25, 0.3) is 0 Å². The number of amides is 1. The predicted octanol–water partition coefficient (Wildman–Crippen LogP) is 2.52. The van der Waals surface area contributed by atoms with E-state index < -0.39 is 5.97 Å². The van der Waals surface area contributed by atoms with Gasteiger partial charge in [-0.25, -0.2) is 9.78 Å². The van der Waals surface area contributed by atoms with Crippen LogP contribution >= 0.6 is 0 Å². The van der Waals surface area contributed by atoms with E-state index in [4.69, 9.17) is 4.74 Å². The summed E-state index contributed by atoms with van der Waals surface area (Å²) in [6.07, 6.45) is 0. The number of rotatable bonds is 6. The molecule has 140 valence electrons. The smallest absolute Gasteiger partial charge is 0.339 e. The summed E-state index contributed by atoms with van der Waals surface area (Å²) in [4.78, 5) is 31.2. The Labute approximate surface area is 157 Å². The zero-order valence-electron chi connectivity index (χ0n) is 15.6. The van der Waals surface area contributed by atoms with Crippen molar-refractivity contribution in [1.29, 1.82) is 0 Å². The fraction of sp³-hybridized carbons (Fsp3) is 0.250. The highest BCUT2D eigenvalue weighted by atomic mass is 16.5. The Balaban J connectivity index is 1.88. The van der Waals surface area contributed by atoms with Crippen LogP contribution in [0, 0.1) is 0 Å². The van der Waals surface area contributed by atoms with E-state index in [0.29, 0.717) is 17.8 Å². The second-order valence-corrected chi connectivity index (χ2v) is 6.43. The lowest BCUT2D eigenvalue weighted by molar-refractivity contribution is -0.116. The molecule has 3 rings (SSSR count). The number of aromatic nitrogens is 2. The van der Waals surface area contributed by atoms with Crippen LogP contribution in [0.3, 0.4) is 0 Å². The van der Waals surface area contributed by atoms with Gasteiger partial charge in [-0.3, -0.25) is 4.79 Å². The minimum atomic E-state index is -0.493. The minimum absolute atomic E-state index is 0.0964. The lowest BCUT2D eigenvalue weighted by atomic mass is 10.2. The van der Waals surface area contributed by atoms with E-state index in [0.717, 1.165) is 16.9 Å².